The minimum absolute atomic E-state index is 0.0157. The predicted octanol–water partition coefficient (Wildman–Crippen LogP) is 3.48. The number of nitrogens with one attached hydrogen (secondary N) is 2. The first-order valence-electron chi connectivity index (χ1n) is 10.3. The van der Waals surface area contributed by atoms with Crippen molar-refractivity contribution in [2.24, 2.45) is 12.8 Å². The van der Waals surface area contributed by atoms with Gasteiger partial charge in [-0.2, -0.15) is 15.5 Å². The van der Waals surface area contributed by atoms with Crippen LogP contribution in [-0.4, -0.2) is 31.9 Å². The Labute approximate surface area is 197 Å². The van der Waals surface area contributed by atoms with Gasteiger partial charge in [0.05, 0.1) is 34.0 Å². The average molecular weight is 478 g/mol. The second-order valence-electron chi connectivity index (χ2n) is 7.96. The molecular weight excluding hydrogens is 461 g/mol. The Morgan fingerprint density at radius 3 is 2.82 bits per heavy atom. The van der Waals surface area contributed by atoms with Crippen LogP contribution < -0.4 is 16.0 Å². The Balaban J connectivity index is 1.77. The third-order valence-corrected chi connectivity index (χ3v) is 5.92. The molecule has 2 aromatic carbocycles. The number of aryl methyl sites for hydroxylation is 1. The topological polar surface area (TPSA) is 146 Å². The van der Waals surface area contributed by atoms with Crippen LogP contribution in [0.5, 0.6) is 5.75 Å². The number of rotatable bonds is 5. The molecular formula is C23H17ClFN7O2. The van der Waals surface area contributed by atoms with E-state index in [9.17, 15) is 10.1 Å². The highest BCUT2D eigenvalue weighted by Crippen LogP contribution is 2.43. The van der Waals surface area contributed by atoms with Gasteiger partial charge in [-0.25, -0.2) is 9.49 Å². The summed E-state index contributed by atoms with van der Waals surface area (Å²) in [6.07, 6.45) is 3.21. The summed E-state index contributed by atoms with van der Waals surface area (Å²) >= 11 is 6.19. The first-order valence-corrected chi connectivity index (χ1v) is 10.7. The molecule has 5 rings (SSSR count). The highest BCUT2D eigenvalue weighted by Gasteiger charge is 2.29. The van der Waals surface area contributed by atoms with E-state index in [1.807, 2.05) is 0 Å². The van der Waals surface area contributed by atoms with Crippen molar-refractivity contribution in [3.05, 3.63) is 62.9 Å². The van der Waals surface area contributed by atoms with E-state index in [0.717, 1.165) is 12.8 Å². The summed E-state index contributed by atoms with van der Waals surface area (Å²) in [5.74, 6) is -0.875. The Morgan fingerprint density at radius 1 is 1.38 bits per heavy atom. The number of ether oxygens (including phenoxy) is 1. The van der Waals surface area contributed by atoms with E-state index in [1.54, 1.807) is 25.2 Å². The number of aromatic nitrogens is 4. The monoisotopic (exact) mass is 477 g/mol. The van der Waals surface area contributed by atoms with Gasteiger partial charge in [-0.15, -0.1) is 0 Å². The number of nitrogens with zero attached hydrogens (tertiary/aromatic N) is 4. The standard InChI is InChI=1S/C23H17ClFN7O2/c1-32-21(18-14(8-26)17(34-11-3-4-11)7-16(24)19(18)25)15(9-29-32)10-2-5-12-13(6-10)20(22(27)28)30-31-23(12)33/h2,5-7,9,11H,3-4H2,1H3,(H3,27,28)(H,31,33). The van der Waals surface area contributed by atoms with E-state index >= 15 is 4.39 Å². The Kier molecular flexibility index (Phi) is 5.06. The molecule has 9 nitrogen and oxygen atoms in total. The van der Waals surface area contributed by atoms with Crippen LogP contribution in [0.3, 0.4) is 0 Å². The van der Waals surface area contributed by atoms with E-state index in [-0.39, 0.29) is 39.5 Å². The number of aromatic amines is 1. The van der Waals surface area contributed by atoms with E-state index in [1.165, 1.54) is 16.9 Å². The van der Waals surface area contributed by atoms with E-state index in [0.29, 0.717) is 27.6 Å². The minimum atomic E-state index is -0.769. The van der Waals surface area contributed by atoms with Gasteiger partial charge in [0.25, 0.3) is 5.56 Å². The quantitative estimate of drug-likeness (QED) is 0.296. The molecule has 0 spiro atoms. The third-order valence-electron chi connectivity index (χ3n) is 5.64. The number of fused-ring (bicyclic) bond motifs is 1. The fourth-order valence-corrected chi connectivity index (χ4v) is 4.07. The van der Waals surface area contributed by atoms with Crippen molar-refractivity contribution in [3.63, 3.8) is 0 Å². The largest absolute Gasteiger partial charge is 0.489 e. The molecule has 170 valence electrons. The van der Waals surface area contributed by atoms with Gasteiger partial charge in [-0.3, -0.25) is 14.9 Å². The zero-order valence-electron chi connectivity index (χ0n) is 17.8. The molecule has 0 aliphatic heterocycles. The van der Waals surface area contributed by atoms with Crippen LogP contribution in [0.4, 0.5) is 4.39 Å². The lowest BCUT2D eigenvalue weighted by atomic mass is 9.95. The molecule has 4 N–H and O–H groups in total. The fraction of sp³-hybridized carbons (Fsp3) is 0.174. The van der Waals surface area contributed by atoms with Crippen LogP contribution >= 0.6 is 11.6 Å². The fourth-order valence-electron chi connectivity index (χ4n) is 3.88. The van der Waals surface area contributed by atoms with Gasteiger partial charge in [0, 0.05) is 24.1 Å². The average Bonchev–Trinajstić information content (AvgIpc) is 3.55. The van der Waals surface area contributed by atoms with Crippen LogP contribution in [0, 0.1) is 22.6 Å². The summed E-state index contributed by atoms with van der Waals surface area (Å²) in [7, 11) is 1.62. The lowest BCUT2D eigenvalue weighted by molar-refractivity contribution is 0.302. The number of benzene rings is 2. The van der Waals surface area contributed by atoms with E-state index in [2.05, 4.69) is 21.4 Å². The minimum Gasteiger partial charge on any atom is -0.489 e. The lowest BCUT2D eigenvalue weighted by Crippen LogP contribution is -2.19. The zero-order chi connectivity index (χ0) is 24.1. The molecule has 2 heterocycles. The highest BCUT2D eigenvalue weighted by molar-refractivity contribution is 6.31. The lowest BCUT2D eigenvalue weighted by Gasteiger charge is -2.15. The number of H-pyrrole nitrogens is 1. The molecule has 0 unspecified atom stereocenters. The van der Waals surface area contributed by atoms with Gasteiger partial charge in [0.1, 0.15) is 28.9 Å². The van der Waals surface area contributed by atoms with Crippen molar-refractivity contribution in [3.8, 4) is 34.2 Å². The number of nitrogens with two attached hydrogens (primary N) is 1. The molecule has 0 amide bonds. The van der Waals surface area contributed by atoms with Crippen molar-refractivity contribution < 1.29 is 9.13 Å². The normalized spacial score (nSPS) is 13.1. The molecule has 1 aliphatic carbocycles. The summed E-state index contributed by atoms with van der Waals surface area (Å²) in [5, 5.41) is 28.7. The summed E-state index contributed by atoms with van der Waals surface area (Å²) in [4.78, 5) is 12.2. The first kappa shape index (κ1) is 21.6. The summed E-state index contributed by atoms with van der Waals surface area (Å²) in [6, 6.07) is 8.24. The van der Waals surface area contributed by atoms with Gasteiger partial charge < -0.3 is 10.5 Å². The Bertz CT molecular complexity index is 1600. The van der Waals surface area contributed by atoms with Crippen molar-refractivity contribution in [2.75, 3.05) is 0 Å². The molecule has 11 heteroatoms. The van der Waals surface area contributed by atoms with Crippen molar-refractivity contribution in [1.29, 1.82) is 10.7 Å². The van der Waals surface area contributed by atoms with Crippen molar-refractivity contribution in [2.45, 2.75) is 18.9 Å². The summed E-state index contributed by atoms with van der Waals surface area (Å²) in [5.41, 5.74) is 6.64. The van der Waals surface area contributed by atoms with Crippen LogP contribution in [0.15, 0.2) is 35.3 Å². The first-order chi connectivity index (χ1) is 16.3. The Morgan fingerprint density at radius 2 is 2.15 bits per heavy atom. The molecule has 0 saturated heterocycles. The van der Waals surface area contributed by atoms with Gasteiger partial charge in [0.2, 0.25) is 0 Å². The maximum absolute atomic E-state index is 15.4. The van der Waals surface area contributed by atoms with Crippen molar-refractivity contribution >= 4 is 28.2 Å². The molecule has 34 heavy (non-hydrogen) atoms. The number of hydrogen-bond acceptors (Lipinski definition) is 6. The molecule has 2 aromatic heterocycles. The molecule has 4 aromatic rings. The van der Waals surface area contributed by atoms with Crippen molar-refractivity contribution in [1.82, 2.24) is 20.0 Å². The van der Waals surface area contributed by atoms with Crippen LogP contribution in [-0.2, 0) is 7.05 Å². The molecule has 0 atom stereocenters. The Hall–Kier alpha value is -4.23. The van der Waals surface area contributed by atoms with E-state index in [4.69, 9.17) is 27.5 Å². The molecule has 1 aliphatic rings. The third kappa shape index (κ3) is 3.47. The number of hydrogen-bond donors (Lipinski definition) is 3. The number of nitrogen functional groups attached to an aromatic ring is 1. The number of nitriles is 1. The number of amidine groups is 1. The van der Waals surface area contributed by atoms with Crippen LogP contribution in [0.25, 0.3) is 33.2 Å². The second kappa shape index (κ2) is 7.97. The maximum Gasteiger partial charge on any atom is 0.272 e. The molecule has 1 fully saturated rings. The predicted molar refractivity (Wildman–Crippen MR) is 124 cm³/mol. The molecule has 0 radical (unpaired) electrons. The number of halogens is 2. The van der Waals surface area contributed by atoms with Gasteiger partial charge in [0.15, 0.2) is 5.82 Å². The SMILES string of the molecule is Cn1ncc(-c2ccc3c(=O)[nH]nc(C(=N)N)c3c2)c1-c1c(F)c(Cl)cc(OC2CC2)c1C#N. The summed E-state index contributed by atoms with van der Waals surface area (Å²) in [6.45, 7) is 0. The molecule has 0 bridgehead atoms. The van der Waals surface area contributed by atoms with Crippen LogP contribution in [0.2, 0.25) is 5.02 Å². The highest BCUT2D eigenvalue weighted by atomic mass is 35.5. The summed E-state index contributed by atoms with van der Waals surface area (Å²) < 4.78 is 22.7. The van der Waals surface area contributed by atoms with E-state index < -0.39 is 11.4 Å². The van der Waals surface area contributed by atoms with Crippen LogP contribution in [0.1, 0.15) is 24.1 Å². The van der Waals surface area contributed by atoms with Gasteiger partial charge in [-0.05, 0) is 30.5 Å². The smallest absolute Gasteiger partial charge is 0.272 e. The second-order valence-corrected chi connectivity index (χ2v) is 8.36. The molecule has 1 saturated carbocycles. The maximum atomic E-state index is 15.4. The zero-order valence-corrected chi connectivity index (χ0v) is 18.6. The van der Waals surface area contributed by atoms with Gasteiger partial charge >= 0.3 is 0 Å². The van der Waals surface area contributed by atoms with Gasteiger partial charge in [-0.1, -0.05) is 17.7 Å².